The van der Waals surface area contributed by atoms with Crippen molar-refractivity contribution in [2.24, 2.45) is 0 Å². The highest BCUT2D eigenvalue weighted by Gasteiger charge is 2.14. The number of carbonyl (C=O) groups excluding carboxylic acids is 1. The van der Waals surface area contributed by atoms with Gasteiger partial charge in [0, 0.05) is 5.56 Å². The highest BCUT2D eigenvalue weighted by atomic mass is 16.5. The average Bonchev–Trinajstić information content (AvgIpc) is 3.27. The standard InChI is InChI=1S/C23H19N3O3/c1-28-20-13-6-5-12-19(20)22-25-21(29-26-22)15-24-23(27)18-11-7-10-17(14-18)16-8-3-2-4-9-16/h2-14H,15H2,1H3,(H,24,27). The summed E-state index contributed by atoms with van der Waals surface area (Å²) < 4.78 is 10.6. The van der Waals surface area contributed by atoms with Crippen molar-refractivity contribution in [2.45, 2.75) is 6.54 Å². The second-order valence-electron chi connectivity index (χ2n) is 6.34. The van der Waals surface area contributed by atoms with E-state index in [-0.39, 0.29) is 12.5 Å². The van der Waals surface area contributed by atoms with Crippen LogP contribution in [-0.4, -0.2) is 23.2 Å². The third-order valence-electron chi connectivity index (χ3n) is 4.45. The molecular formula is C23H19N3O3. The molecule has 1 amide bonds. The van der Waals surface area contributed by atoms with Gasteiger partial charge < -0.3 is 14.6 Å². The van der Waals surface area contributed by atoms with Crippen LogP contribution in [0, 0.1) is 0 Å². The molecule has 0 aliphatic carbocycles. The van der Waals surface area contributed by atoms with Crippen LogP contribution >= 0.6 is 0 Å². The van der Waals surface area contributed by atoms with Gasteiger partial charge >= 0.3 is 0 Å². The summed E-state index contributed by atoms with van der Waals surface area (Å²) in [4.78, 5) is 16.9. The van der Waals surface area contributed by atoms with E-state index < -0.39 is 0 Å². The second-order valence-corrected chi connectivity index (χ2v) is 6.34. The minimum Gasteiger partial charge on any atom is -0.496 e. The van der Waals surface area contributed by atoms with Crippen LogP contribution in [0.5, 0.6) is 5.75 Å². The Morgan fingerprint density at radius 2 is 1.72 bits per heavy atom. The lowest BCUT2D eigenvalue weighted by molar-refractivity contribution is 0.0946. The van der Waals surface area contributed by atoms with Crippen molar-refractivity contribution in [3.05, 3.63) is 90.3 Å². The van der Waals surface area contributed by atoms with Gasteiger partial charge in [-0.05, 0) is 35.4 Å². The Morgan fingerprint density at radius 3 is 2.55 bits per heavy atom. The molecule has 1 aromatic heterocycles. The summed E-state index contributed by atoms with van der Waals surface area (Å²) in [6, 6.07) is 24.8. The summed E-state index contributed by atoms with van der Waals surface area (Å²) >= 11 is 0. The van der Waals surface area contributed by atoms with Gasteiger partial charge in [-0.3, -0.25) is 4.79 Å². The molecule has 1 heterocycles. The number of nitrogens with zero attached hydrogens (tertiary/aromatic N) is 2. The number of hydrogen-bond acceptors (Lipinski definition) is 5. The number of rotatable bonds is 6. The van der Waals surface area contributed by atoms with E-state index in [1.54, 1.807) is 13.2 Å². The summed E-state index contributed by atoms with van der Waals surface area (Å²) in [6.07, 6.45) is 0. The van der Waals surface area contributed by atoms with Crippen molar-refractivity contribution < 1.29 is 14.1 Å². The maximum absolute atomic E-state index is 12.6. The molecule has 0 fully saturated rings. The zero-order chi connectivity index (χ0) is 20.1. The van der Waals surface area contributed by atoms with Crippen LogP contribution in [0.15, 0.2) is 83.4 Å². The molecule has 0 saturated heterocycles. The molecule has 0 aliphatic heterocycles. The average molecular weight is 385 g/mol. The first-order chi connectivity index (χ1) is 14.2. The third kappa shape index (κ3) is 4.16. The molecule has 144 valence electrons. The Hall–Kier alpha value is -3.93. The molecule has 0 saturated carbocycles. The predicted octanol–water partition coefficient (Wildman–Crippen LogP) is 4.34. The topological polar surface area (TPSA) is 77.3 Å². The highest BCUT2D eigenvalue weighted by molar-refractivity contribution is 5.95. The quantitative estimate of drug-likeness (QED) is 0.534. The van der Waals surface area contributed by atoms with E-state index in [0.717, 1.165) is 16.7 Å². The summed E-state index contributed by atoms with van der Waals surface area (Å²) in [7, 11) is 1.59. The predicted molar refractivity (Wildman–Crippen MR) is 109 cm³/mol. The van der Waals surface area contributed by atoms with Crippen molar-refractivity contribution in [1.29, 1.82) is 0 Å². The van der Waals surface area contributed by atoms with E-state index in [1.165, 1.54) is 0 Å². The molecule has 0 aliphatic rings. The maximum atomic E-state index is 12.6. The lowest BCUT2D eigenvalue weighted by Gasteiger charge is -2.06. The van der Waals surface area contributed by atoms with Gasteiger partial charge in [0.2, 0.25) is 11.7 Å². The molecule has 6 nitrogen and oxygen atoms in total. The molecular weight excluding hydrogens is 366 g/mol. The van der Waals surface area contributed by atoms with E-state index >= 15 is 0 Å². The fourth-order valence-electron chi connectivity index (χ4n) is 2.99. The number of methoxy groups -OCH3 is 1. The van der Waals surface area contributed by atoms with Crippen LogP contribution in [0.2, 0.25) is 0 Å². The third-order valence-corrected chi connectivity index (χ3v) is 4.45. The highest BCUT2D eigenvalue weighted by Crippen LogP contribution is 2.27. The lowest BCUT2D eigenvalue weighted by Crippen LogP contribution is -2.22. The molecule has 29 heavy (non-hydrogen) atoms. The van der Waals surface area contributed by atoms with Crippen molar-refractivity contribution >= 4 is 5.91 Å². The number of amides is 1. The van der Waals surface area contributed by atoms with Crippen LogP contribution in [0.4, 0.5) is 0 Å². The number of nitrogens with one attached hydrogen (secondary N) is 1. The number of benzene rings is 3. The Labute approximate surface area is 168 Å². The normalized spacial score (nSPS) is 10.5. The van der Waals surface area contributed by atoms with E-state index in [4.69, 9.17) is 9.26 Å². The molecule has 3 aromatic carbocycles. The summed E-state index contributed by atoms with van der Waals surface area (Å²) in [5.74, 6) is 1.18. The van der Waals surface area contributed by atoms with Gasteiger partial charge in [-0.25, -0.2) is 0 Å². The van der Waals surface area contributed by atoms with Crippen molar-refractivity contribution in [3.63, 3.8) is 0 Å². The molecule has 0 spiro atoms. The fraction of sp³-hybridized carbons (Fsp3) is 0.0870. The van der Waals surface area contributed by atoms with Gasteiger partial charge in [-0.15, -0.1) is 0 Å². The van der Waals surface area contributed by atoms with Crippen LogP contribution in [0.3, 0.4) is 0 Å². The maximum Gasteiger partial charge on any atom is 0.251 e. The van der Waals surface area contributed by atoms with Crippen molar-refractivity contribution in [2.75, 3.05) is 7.11 Å². The lowest BCUT2D eigenvalue weighted by atomic mass is 10.0. The molecule has 0 unspecified atom stereocenters. The van der Waals surface area contributed by atoms with Crippen molar-refractivity contribution in [3.8, 4) is 28.3 Å². The molecule has 4 rings (SSSR count). The number of para-hydroxylation sites is 1. The minimum atomic E-state index is -0.208. The molecule has 0 bridgehead atoms. The molecule has 0 radical (unpaired) electrons. The molecule has 6 heteroatoms. The Balaban J connectivity index is 1.45. The fourth-order valence-corrected chi connectivity index (χ4v) is 2.99. The summed E-state index contributed by atoms with van der Waals surface area (Å²) in [5, 5.41) is 6.80. The summed E-state index contributed by atoms with van der Waals surface area (Å²) in [5.41, 5.74) is 3.33. The number of carbonyl (C=O) groups is 1. The van der Waals surface area contributed by atoms with Gasteiger partial charge in [0.25, 0.3) is 5.91 Å². The van der Waals surface area contributed by atoms with Gasteiger partial charge in [0.05, 0.1) is 19.2 Å². The first-order valence-corrected chi connectivity index (χ1v) is 9.14. The van der Waals surface area contributed by atoms with Gasteiger partial charge in [0.1, 0.15) is 5.75 Å². The number of ether oxygens (including phenoxy) is 1. The van der Waals surface area contributed by atoms with Crippen LogP contribution in [0.25, 0.3) is 22.5 Å². The van der Waals surface area contributed by atoms with E-state index in [1.807, 2.05) is 72.8 Å². The molecule has 4 aromatic rings. The molecule has 1 N–H and O–H groups in total. The van der Waals surface area contributed by atoms with Gasteiger partial charge in [-0.1, -0.05) is 59.8 Å². The van der Waals surface area contributed by atoms with Crippen LogP contribution < -0.4 is 10.1 Å². The Kier molecular flexibility index (Phi) is 5.33. The summed E-state index contributed by atoms with van der Waals surface area (Å²) in [6.45, 7) is 0.135. The monoisotopic (exact) mass is 385 g/mol. The van der Waals surface area contributed by atoms with Gasteiger partial charge in [-0.2, -0.15) is 4.98 Å². The van der Waals surface area contributed by atoms with E-state index in [0.29, 0.717) is 23.0 Å². The van der Waals surface area contributed by atoms with Gasteiger partial charge in [0.15, 0.2) is 0 Å². The second kappa shape index (κ2) is 8.39. The zero-order valence-corrected chi connectivity index (χ0v) is 15.8. The van der Waals surface area contributed by atoms with Crippen LogP contribution in [-0.2, 0) is 6.54 Å². The minimum absolute atomic E-state index is 0.135. The zero-order valence-electron chi connectivity index (χ0n) is 15.8. The van der Waals surface area contributed by atoms with Crippen molar-refractivity contribution in [1.82, 2.24) is 15.5 Å². The Morgan fingerprint density at radius 1 is 0.966 bits per heavy atom. The smallest absolute Gasteiger partial charge is 0.251 e. The first-order valence-electron chi connectivity index (χ1n) is 9.14. The van der Waals surface area contributed by atoms with E-state index in [2.05, 4.69) is 15.5 Å². The number of hydrogen-bond donors (Lipinski definition) is 1. The largest absolute Gasteiger partial charge is 0.496 e. The molecule has 0 atom stereocenters. The first kappa shape index (κ1) is 18.4. The number of aromatic nitrogens is 2. The Bertz CT molecular complexity index is 1120. The SMILES string of the molecule is COc1ccccc1-c1noc(CNC(=O)c2cccc(-c3ccccc3)c2)n1. The van der Waals surface area contributed by atoms with Crippen LogP contribution in [0.1, 0.15) is 16.2 Å². The van der Waals surface area contributed by atoms with E-state index in [9.17, 15) is 4.79 Å².